The predicted octanol–water partition coefficient (Wildman–Crippen LogP) is 2.57. The van der Waals surface area contributed by atoms with Gasteiger partial charge >= 0.3 is 0 Å². The van der Waals surface area contributed by atoms with Crippen LogP contribution in [0.3, 0.4) is 0 Å². The van der Waals surface area contributed by atoms with Gasteiger partial charge in [-0.25, -0.2) is 0 Å². The van der Waals surface area contributed by atoms with E-state index in [2.05, 4.69) is 5.32 Å². The van der Waals surface area contributed by atoms with Crippen molar-refractivity contribution in [3.63, 3.8) is 0 Å². The predicted molar refractivity (Wildman–Crippen MR) is 86.1 cm³/mol. The molecule has 1 aromatic heterocycles. The molecule has 0 spiro atoms. The van der Waals surface area contributed by atoms with Crippen LogP contribution in [0.15, 0.2) is 53.1 Å². The van der Waals surface area contributed by atoms with Crippen molar-refractivity contribution in [2.24, 2.45) is 5.73 Å². The van der Waals surface area contributed by atoms with Crippen molar-refractivity contribution in [3.8, 4) is 0 Å². The van der Waals surface area contributed by atoms with E-state index in [1.807, 2.05) is 48.7 Å². The zero-order chi connectivity index (χ0) is 15.1. The van der Waals surface area contributed by atoms with Crippen LogP contribution in [0.4, 0.5) is 0 Å². The monoisotopic (exact) mass is 304 g/mol. The highest BCUT2D eigenvalue weighted by atomic mass is 32.2. The molecule has 2 aromatic rings. The second kappa shape index (κ2) is 7.90. The Bertz CT molecular complexity index is 543. The van der Waals surface area contributed by atoms with Crippen LogP contribution in [-0.4, -0.2) is 24.0 Å². The lowest BCUT2D eigenvalue weighted by Crippen LogP contribution is -2.42. The van der Waals surface area contributed by atoms with Crippen LogP contribution in [0.1, 0.15) is 23.8 Å². The molecule has 1 heterocycles. The van der Waals surface area contributed by atoms with Crippen LogP contribution in [-0.2, 0) is 4.79 Å². The summed E-state index contributed by atoms with van der Waals surface area (Å²) in [6, 6.07) is 12.6. The number of carbonyl (C=O) groups is 1. The number of carbonyl (C=O) groups excluding carboxylic acids is 1. The van der Waals surface area contributed by atoms with Gasteiger partial charge in [-0.2, -0.15) is 11.8 Å². The minimum Gasteiger partial charge on any atom is -0.467 e. The molecule has 21 heavy (non-hydrogen) atoms. The summed E-state index contributed by atoms with van der Waals surface area (Å²) in [5.41, 5.74) is 6.90. The second-order valence-corrected chi connectivity index (χ2v) is 5.74. The Morgan fingerprint density at radius 2 is 2.05 bits per heavy atom. The fraction of sp³-hybridized carbons (Fsp3) is 0.312. The third-order valence-corrected chi connectivity index (χ3v) is 3.86. The van der Waals surface area contributed by atoms with E-state index >= 15 is 0 Å². The molecular formula is C16H20N2O2S. The van der Waals surface area contributed by atoms with Gasteiger partial charge in [-0.3, -0.25) is 4.79 Å². The van der Waals surface area contributed by atoms with Gasteiger partial charge in [-0.05, 0) is 36.1 Å². The SMILES string of the molecule is CSCC[C@H](N)C(=O)NC(c1ccccc1)c1ccco1. The molecule has 0 bridgehead atoms. The lowest BCUT2D eigenvalue weighted by molar-refractivity contribution is -0.123. The molecule has 0 aliphatic rings. The molecule has 0 saturated carbocycles. The Morgan fingerprint density at radius 3 is 2.67 bits per heavy atom. The summed E-state index contributed by atoms with van der Waals surface area (Å²) in [6.07, 6.45) is 4.26. The fourth-order valence-corrected chi connectivity index (χ4v) is 2.53. The number of benzene rings is 1. The van der Waals surface area contributed by atoms with Crippen molar-refractivity contribution in [2.75, 3.05) is 12.0 Å². The Labute approximate surface area is 129 Å². The largest absolute Gasteiger partial charge is 0.467 e. The number of nitrogens with one attached hydrogen (secondary N) is 1. The molecule has 1 aromatic carbocycles. The van der Waals surface area contributed by atoms with Crippen LogP contribution in [0.5, 0.6) is 0 Å². The molecule has 0 radical (unpaired) electrons. The van der Waals surface area contributed by atoms with Crippen molar-refractivity contribution < 1.29 is 9.21 Å². The normalized spacial score (nSPS) is 13.6. The van der Waals surface area contributed by atoms with Crippen LogP contribution < -0.4 is 11.1 Å². The Kier molecular flexibility index (Phi) is 5.90. The van der Waals surface area contributed by atoms with E-state index < -0.39 is 6.04 Å². The number of hydrogen-bond acceptors (Lipinski definition) is 4. The highest BCUT2D eigenvalue weighted by Crippen LogP contribution is 2.22. The van der Waals surface area contributed by atoms with Gasteiger partial charge in [-0.1, -0.05) is 30.3 Å². The summed E-state index contributed by atoms with van der Waals surface area (Å²) in [4.78, 5) is 12.2. The maximum absolute atomic E-state index is 12.2. The van der Waals surface area contributed by atoms with Crippen LogP contribution in [0.2, 0.25) is 0 Å². The highest BCUT2D eigenvalue weighted by Gasteiger charge is 2.22. The summed E-state index contributed by atoms with van der Waals surface area (Å²) in [6.45, 7) is 0. The van der Waals surface area contributed by atoms with Gasteiger partial charge in [-0.15, -0.1) is 0 Å². The number of nitrogens with two attached hydrogens (primary N) is 1. The maximum atomic E-state index is 12.2. The third-order valence-electron chi connectivity index (χ3n) is 3.22. The summed E-state index contributed by atoms with van der Waals surface area (Å²) in [7, 11) is 0. The molecule has 0 saturated heterocycles. The molecule has 1 unspecified atom stereocenters. The molecule has 2 rings (SSSR count). The van der Waals surface area contributed by atoms with E-state index in [0.29, 0.717) is 12.2 Å². The molecule has 112 valence electrons. The first-order valence-corrected chi connectivity index (χ1v) is 8.25. The van der Waals surface area contributed by atoms with E-state index in [1.54, 1.807) is 18.0 Å². The number of rotatable bonds is 7. The number of hydrogen-bond donors (Lipinski definition) is 2. The van der Waals surface area contributed by atoms with Crippen molar-refractivity contribution >= 4 is 17.7 Å². The Balaban J connectivity index is 2.12. The Hall–Kier alpha value is -1.72. The average Bonchev–Trinajstić information content (AvgIpc) is 3.04. The molecule has 1 amide bonds. The summed E-state index contributed by atoms with van der Waals surface area (Å²) < 4.78 is 5.45. The molecule has 0 fully saturated rings. The molecule has 3 N–H and O–H groups in total. The van der Waals surface area contributed by atoms with Gasteiger partial charge in [0.1, 0.15) is 11.8 Å². The molecule has 2 atom stereocenters. The third kappa shape index (κ3) is 4.37. The molecule has 5 heteroatoms. The van der Waals surface area contributed by atoms with Gasteiger partial charge in [0.2, 0.25) is 5.91 Å². The van der Waals surface area contributed by atoms with E-state index in [4.69, 9.17) is 10.2 Å². The fourth-order valence-electron chi connectivity index (χ4n) is 2.04. The zero-order valence-corrected chi connectivity index (χ0v) is 12.8. The van der Waals surface area contributed by atoms with E-state index in [0.717, 1.165) is 11.3 Å². The Morgan fingerprint density at radius 1 is 1.29 bits per heavy atom. The van der Waals surface area contributed by atoms with Crippen molar-refractivity contribution in [3.05, 3.63) is 60.1 Å². The van der Waals surface area contributed by atoms with Crippen LogP contribution in [0, 0.1) is 0 Å². The average molecular weight is 304 g/mol. The van der Waals surface area contributed by atoms with Gasteiger partial charge in [0.05, 0.1) is 12.3 Å². The summed E-state index contributed by atoms with van der Waals surface area (Å²) in [5.74, 6) is 1.41. The first-order chi connectivity index (χ1) is 10.2. The first-order valence-electron chi connectivity index (χ1n) is 6.85. The van der Waals surface area contributed by atoms with Gasteiger partial charge in [0.25, 0.3) is 0 Å². The lowest BCUT2D eigenvalue weighted by Gasteiger charge is -2.19. The molecule has 4 nitrogen and oxygen atoms in total. The highest BCUT2D eigenvalue weighted by molar-refractivity contribution is 7.98. The lowest BCUT2D eigenvalue weighted by atomic mass is 10.0. The van der Waals surface area contributed by atoms with E-state index in [9.17, 15) is 4.79 Å². The number of furan rings is 1. The van der Waals surface area contributed by atoms with Crippen molar-refractivity contribution in [2.45, 2.75) is 18.5 Å². The zero-order valence-electron chi connectivity index (χ0n) is 12.0. The quantitative estimate of drug-likeness (QED) is 0.825. The smallest absolute Gasteiger partial charge is 0.237 e. The minimum absolute atomic E-state index is 0.158. The van der Waals surface area contributed by atoms with Gasteiger partial charge in [0.15, 0.2) is 0 Å². The van der Waals surface area contributed by atoms with Crippen LogP contribution in [0.25, 0.3) is 0 Å². The van der Waals surface area contributed by atoms with Crippen molar-refractivity contribution in [1.82, 2.24) is 5.32 Å². The summed E-state index contributed by atoms with van der Waals surface area (Å²) in [5, 5.41) is 2.98. The molecule has 0 aliphatic carbocycles. The van der Waals surface area contributed by atoms with Gasteiger partial charge < -0.3 is 15.5 Å². The van der Waals surface area contributed by atoms with Gasteiger partial charge in [0, 0.05) is 0 Å². The topological polar surface area (TPSA) is 68.3 Å². The number of thioether (sulfide) groups is 1. The van der Waals surface area contributed by atoms with E-state index in [-0.39, 0.29) is 11.9 Å². The first kappa shape index (κ1) is 15.7. The minimum atomic E-state index is -0.501. The standard InChI is InChI=1S/C16H20N2O2S/c1-21-11-9-13(17)16(19)18-15(14-8-5-10-20-14)12-6-3-2-4-7-12/h2-8,10,13,15H,9,11,17H2,1H3,(H,18,19)/t13-,15?/m0/s1. The number of amides is 1. The molecule has 0 aliphatic heterocycles. The molecular weight excluding hydrogens is 284 g/mol. The maximum Gasteiger partial charge on any atom is 0.237 e. The van der Waals surface area contributed by atoms with E-state index in [1.165, 1.54) is 0 Å². The summed E-state index contributed by atoms with van der Waals surface area (Å²) >= 11 is 1.68. The van der Waals surface area contributed by atoms with Crippen molar-refractivity contribution in [1.29, 1.82) is 0 Å². The second-order valence-electron chi connectivity index (χ2n) is 4.76. The van der Waals surface area contributed by atoms with Crippen LogP contribution >= 0.6 is 11.8 Å².